The fourth-order valence-corrected chi connectivity index (χ4v) is 8.04. The van der Waals surface area contributed by atoms with Crippen molar-refractivity contribution in [2.24, 2.45) is 57.2 Å². The largest absolute Gasteiger partial charge is 0.481 e. The molecule has 4 aliphatic carbocycles. The third-order valence-electron chi connectivity index (χ3n) is 8.46. The molecule has 0 aromatic carbocycles. The van der Waals surface area contributed by atoms with E-state index >= 15 is 0 Å². The second-order valence-electron chi connectivity index (χ2n) is 13.8. The second-order valence-corrected chi connectivity index (χ2v) is 13.8. The minimum Gasteiger partial charge on any atom is -0.481 e. The predicted octanol–water partition coefficient (Wildman–Crippen LogP) is 4.71. The number of esters is 2. The van der Waals surface area contributed by atoms with Crippen LogP contribution in [0.25, 0.3) is 0 Å². The molecule has 2 N–H and O–H groups in total. The number of hydrogen-bond donors (Lipinski definition) is 2. The van der Waals surface area contributed by atoms with Crippen molar-refractivity contribution >= 4 is 23.9 Å². The summed E-state index contributed by atoms with van der Waals surface area (Å²) >= 11 is 0. The first kappa shape index (κ1) is 25.6. The number of carbonyl (C=O) groups is 4. The van der Waals surface area contributed by atoms with E-state index in [1.165, 1.54) is 0 Å². The van der Waals surface area contributed by atoms with Gasteiger partial charge in [-0.15, -0.1) is 0 Å². The molecule has 0 heterocycles. The quantitative estimate of drug-likeness (QED) is 0.317. The molecule has 0 radical (unpaired) electrons. The zero-order chi connectivity index (χ0) is 26.1. The van der Waals surface area contributed by atoms with Gasteiger partial charge in [-0.1, -0.05) is 65.8 Å². The summed E-state index contributed by atoms with van der Waals surface area (Å²) in [5.41, 5.74) is -1.72. The van der Waals surface area contributed by atoms with E-state index in [9.17, 15) is 29.4 Å². The lowest BCUT2D eigenvalue weighted by Gasteiger charge is -2.39. The third kappa shape index (κ3) is 4.36. The van der Waals surface area contributed by atoms with Crippen molar-refractivity contribution in [1.82, 2.24) is 0 Å². The summed E-state index contributed by atoms with van der Waals surface area (Å²) in [6.45, 7) is 12.2. The average Bonchev–Trinajstić information content (AvgIpc) is 3.39. The summed E-state index contributed by atoms with van der Waals surface area (Å²) in [7, 11) is 0. The van der Waals surface area contributed by atoms with E-state index in [2.05, 4.69) is 0 Å². The van der Waals surface area contributed by atoms with Gasteiger partial charge in [0, 0.05) is 10.8 Å². The zero-order valence-electron chi connectivity index (χ0n) is 21.5. The molecule has 2 saturated carbocycles. The van der Waals surface area contributed by atoms with Crippen LogP contribution in [0.15, 0.2) is 24.3 Å². The molecule has 0 amide bonds. The molecule has 4 aliphatic rings. The molecule has 0 aliphatic heterocycles. The van der Waals surface area contributed by atoms with Gasteiger partial charge in [0.05, 0.1) is 23.7 Å². The highest BCUT2D eigenvalue weighted by atomic mass is 16.6. The molecule has 4 rings (SSSR count). The minimum absolute atomic E-state index is 0.171. The molecular formula is C28H38O7. The maximum absolute atomic E-state index is 13.6. The maximum Gasteiger partial charge on any atom is 0.318 e. The Morgan fingerprint density at radius 1 is 0.743 bits per heavy atom. The lowest BCUT2D eigenvalue weighted by Crippen LogP contribution is -2.45. The van der Waals surface area contributed by atoms with Crippen molar-refractivity contribution in [3.8, 4) is 0 Å². The van der Waals surface area contributed by atoms with Crippen LogP contribution in [0.4, 0.5) is 0 Å². The zero-order valence-corrected chi connectivity index (χ0v) is 21.5. The highest BCUT2D eigenvalue weighted by Gasteiger charge is 2.64. The van der Waals surface area contributed by atoms with Gasteiger partial charge in [0.25, 0.3) is 0 Å². The Kier molecular flexibility index (Phi) is 5.89. The van der Waals surface area contributed by atoms with Crippen LogP contribution in [0.1, 0.15) is 67.2 Å². The highest BCUT2D eigenvalue weighted by molar-refractivity contribution is 5.94. The molecular weight excluding hydrogens is 448 g/mol. The number of allylic oxidation sites excluding steroid dienone is 4. The van der Waals surface area contributed by atoms with E-state index in [1.807, 2.05) is 65.8 Å². The minimum atomic E-state index is -1.07. The van der Waals surface area contributed by atoms with Crippen molar-refractivity contribution < 1.29 is 34.1 Å². The van der Waals surface area contributed by atoms with E-state index < -0.39 is 58.4 Å². The van der Waals surface area contributed by atoms with Crippen molar-refractivity contribution in [2.45, 2.75) is 67.2 Å². The van der Waals surface area contributed by atoms with Crippen LogP contribution in [-0.2, 0) is 23.9 Å². The molecule has 4 bridgehead atoms. The Balaban J connectivity index is 1.65. The first-order chi connectivity index (χ1) is 16.0. The normalized spacial score (nSPS) is 39.3. The lowest BCUT2D eigenvalue weighted by atomic mass is 9.65. The number of carboxylic acids is 2. The van der Waals surface area contributed by atoms with Crippen LogP contribution in [0.3, 0.4) is 0 Å². The number of carboxylic acid groups (broad SMARTS) is 2. The first-order valence-electron chi connectivity index (χ1n) is 12.6. The number of carbonyl (C=O) groups excluding carboxylic acids is 2. The van der Waals surface area contributed by atoms with Crippen LogP contribution in [-0.4, -0.2) is 34.1 Å². The topological polar surface area (TPSA) is 118 Å². The lowest BCUT2D eigenvalue weighted by molar-refractivity contribution is -0.176. The summed E-state index contributed by atoms with van der Waals surface area (Å²) in [5.74, 6) is -8.24. The van der Waals surface area contributed by atoms with Gasteiger partial charge in [-0.3, -0.25) is 19.2 Å². The fourth-order valence-electron chi connectivity index (χ4n) is 8.04. The molecule has 0 aromatic heterocycles. The summed E-state index contributed by atoms with van der Waals surface area (Å²) < 4.78 is 5.49. The number of rotatable bonds is 6. The van der Waals surface area contributed by atoms with E-state index in [0.29, 0.717) is 25.7 Å². The van der Waals surface area contributed by atoms with Gasteiger partial charge < -0.3 is 14.9 Å². The van der Waals surface area contributed by atoms with Crippen molar-refractivity contribution in [3.63, 3.8) is 0 Å². The molecule has 0 aromatic rings. The summed E-state index contributed by atoms with van der Waals surface area (Å²) in [5, 5.41) is 19.9. The smallest absolute Gasteiger partial charge is 0.318 e. The standard InChI is InChI=1S/C28H38O7/c1-25(2,3)13-27-9-7-15(11-27)17(21(29)30)19(27)23(33)35-24(34)20-18(22(31)32)16-8-10-28(20,12-16)14-26(4,5)6/h7-10,15-20H,11-14H2,1-6H3,(H,29,30)(H,31,32). The van der Waals surface area contributed by atoms with Crippen molar-refractivity contribution in [1.29, 1.82) is 0 Å². The summed E-state index contributed by atoms with van der Waals surface area (Å²) in [6, 6.07) is 0. The van der Waals surface area contributed by atoms with E-state index in [4.69, 9.17) is 4.74 Å². The molecule has 0 saturated heterocycles. The van der Waals surface area contributed by atoms with Gasteiger partial charge in [-0.05, 0) is 48.3 Å². The molecule has 8 unspecified atom stereocenters. The van der Waals surface area contributed by atoms with E-state index in [-0.39, 0.29) is 22.7 Å². The maximum atomic E-state index is 13.6. The van der Waals surface area contributed by atoms with Crippen LogP contribution in [0.2, 0.25) is 0 Å². The Hall–Kier alpha value is -2.44. The van der Waals surface area contributed by atoms with Crippen LogP contribution in [0, 0.1) is 57.2 Å². The third-order valence-corrected chi connectivity index (χ3v) is 8.46. The number of ether oxygens (including phenoxy) is 1. The molecule has 35 heavy (non-hydrogen) atoms. The molecule has 192 valence electrons. The van der Waals surface area contributed by atoms with Gasteiger partial charge >= 0.3 is 23.9 Å². The van der Waals surface area contributed by atoms with Crippen LogP contribution >= 0.6 is 0 Å². The Morgan fingerprint density at radius 3 is 1.37 bits per heavy atom. The van der Waals surface area contributed by atoms with E-state index in [0.717, 1.165) is 0 Å². The Bertz CT molecular complexity index is 929. The SMILES string of the molecule is CC(C)(C)CC12C=CC(C1)C(C(=O)O)C2C(=O)OC(=O)C1C(C(=O)O)C2C=CC1(CC(C)(C)C)C2. The Morgan fingerprint density at radius 2 is 1.09 bits per heavy atom. The number of aliphatic carboxylic acids is 2. The summed E-state index contributed by atoms with van der Waals surface area (Å²) in [6.07, 6.45) is 9.91. The molecule has 7 heteroatoms. The average molecular weight is 487 g/mol. The molecule has 8 atom stereocenters. The van der Waals surface area contributed by atoms with Gasteiger partial charge in [0.2, 0.25) is 0 Å². The molecule has 0 spiro atoms. The van der Waals surface area contributed by atoms with Gasteiger partial charge in [-0.2, -0.15) is 0 Å². The van der Waals surface area contributed by atoms with Crippen molar-refractivity contribution in [2.75, 3.05) is 0 Å². The summed E-state index contributed by atoms with van der Waals surface area (Å²) in [4.78, 5) is 51.5. The number of fused-ring (bicyclic) bond motifs is 4. The number of hydrogen-bond acceptors (Lipinski definition) is 5. The van der Waals surface area contributed by atoms with Gasteiger partial charge in [0.1, 0.15) is 0 Å². The molecule has 7 nitrogen and oxygen atoms in total. The van der Waals surface area contributed by atoms with Crippen LogP contribution < -0.4 is 0 Å². The van der Waals surface area contributed by atoms with Gasteiger partial charge in [0.15, 0.2) is 0 Å². The predicted molar refractivity (Wildman–Crippen MR) is 128 cm³/mol. The Labute approximate surface area is 207 Å². The molecule has 2 fully saturated rings. The second kappa shape index (κ2) is 8.04. The fraction of sp³-hybridized carbons (Fsp3) is 0.714. The highest BCUT2D eigenvalue weighted by Crippen LogP contribution is 2.63. The van der Waals surface area contributed by atoms with Crippen molar-refractivity contribution in [3.05, 3.63) is 24.3 Å². The first-order valence-corrected chi connectivity index (χ1v) is 12.6. The van der Waals surface area contributed by atoms with Crippen LogP contribution in [0.5, 0.6) is 0 Å². The van der Waals surface area contributed by atoms with Gasteiger partial charge in [-0.25, -0.2) is 0 Å². The van der Waals surface area contributed by atoms with E-state index in [1.54, 1.807) is 0 Å². The monoisotopic (exact) mass is 486 g/mol.